The SMILES string of the molecule is CC(C)S(=O)(=O)N[C@H]1CC[C@H](C(=O)Nc2c(F)cc(F)cc2F)CC1. The summed E-state index contributed by atoms with van der Waals surface area (Å²) in [5.74, 6) is -4.46. The molecule has 0 atom stereocenters. The van der Waals surface area contributed by atoms with Crippen molar-refractivity contribution < 1.29 is 26.4 Å². The first-order chi connectivity index (χ1) is 11.6. The summed E-state index contributed by atoms with van der Waals surface area (Å²) in [6, 6.07) is 0.739. The Bertz CT molecular complexity index is 722. The van der Waals surface area contributed by atoms with Crippen molar-refractivity contribution in [2.45, 2.75) is 50.8 Å². The topological polar surface area (TPSA) is 75.3 Å². The monoisotopic (exact) mass is 378 g/mol. The van der Waals surface area contributed by atoms with E-state index in [0.29, 0.717) is 37.8 Å². The van der Waals surface area contributed by atoms with Gasteiger partial charge >= 0.3 is 0 Å². The second kappa shape index (κ2) is 7.74. The van der Waals surface area contributed by atoms with Gasteiger partial charge < -0.3 is 5.32 Å². The first kappa shape index (κ1) is 19.7. The molecule has 1 aromatic rings. The molecule has 0 aromatic heterocycles. The second-order valence-corrected chi connectivity index (χ2v) is 8.76. The Morgan fingerprint density at radius 1 is 1.08 bits per heavy atom. The predicted octanol–water partition coefficient (Wildman–Crippen LogP) is 2.93. The highest BCUT2D eigenvalue weighted by molar-refractivity contribution is 7.90. The molecule has 1 amide bonds. The van der Waals surface area contributed by atoms with Crippen LogP contribution in [0.5, 0.6) is 0 Å². The summed E-state index contributed by atoms with van der Waals surface area (Å²) in [5, 5.41) is 1.62. The zero-order valence-electron chi connectivity index (χ0n) is 14.0. The summed E-state index contributed by atoms with van der Waals surface area (Å²) in [4.78, 5) is 12.2. The summed E-state index contributed by atoms with van der Waals surface area (Å²) < 4.78 is 66.4. The maximum atomic E-state index is 13.6. The van der Waals surface area contributed by atoms with E-state index in [2.05, 4.69) is 10.0 Å². The van der Waals surface area contributed by atoms with E-state index in [-0.39, 0.29) is 6.04 Å². The van der Waals surface area contributed by atoms with Gasteiger partial charge in [-0.3, -0.25) is 4.79 Å². The molecule has 0 radical (unpaired) electrons. The van der Waals surface area contributed by atoms with E-state index in [1.807, 2.05) is 0 Å². The Morgan fingerprint density at radius 3 is 2.08 bits per heavy atom. The number of anilines is 1. The van der Waals surface area contributed by atoms with Gasteiger partial charge in [-0.1, -0.05) is 0 Å². The van der Waals surface area contributed by atoms with Crippen LogP contribution in [-0.4, -0.2) is 25.6 Å². The molecule has 1 saturated carbocycles. The Morgan fingerprint density at radius 2 is 1.60 bits per heavy atom. The lowest BCUT2D eigenvalue weighted by Gasteiger charge is -2.28. The van der Waals surface area contributed by atoms with Crippen LogP contribution in [0.15, 0.2) is 12.1 Å². The number of benzene rings is 1. The van der Waals surface area contributed by atoms with Crippen molar-refractivity contribution in [1.82, 2.24) is 4.72 Å². The van der Waals surface area contributed by atoms with Crippen LogP contribution in [0.25, 0.3) is 0 Å². The van der Waals surface area contributed by atoms with E-state index < -0.39 is 50.2 Å². The van der Waals surface area contributed by atoms with Gasteiger partial charge in [0.15, 0.2) is 11.6 Å². The third kappa shape index (κ3) is 4.94. The molecule has 2 N–H and O–H groups in total. The van der Waals surface area contributed by atoms with Gasteiger partial charge in [-0.05, 0) is 39.5 Å². The van der Waals surface area contributed by atoms with Crippen LogP contribution < -0.4 is 10.0 Å². The third-order valence-corrected chi connectivity index (χ3v) is 6.21. The van der Waals surface area contributed by atoms with Gasteiger partial charge in [0.1, 0.15) is 11.5 Å². The van der Waals surface area contributed by atoms with Crippen molar-refractivity contribution in [2.75, 3.05) is 5.32 Å². The highest BCUT2D eigenvalue weighted by atomic mass is 32.2. The summed E-state index contributed by atoms with van der Waals surface area (Å²) in [6.45, 7) is 3.15. The fourth-order valence-electron chi connectivity index (χ4n) is 2.73. The highest BCUT2D eigenvalue weighted by Gasteiger charge is 2.30. The van der Waals surface area contributed by atoms with Gasteiger partial charge in [-0.15, -0.1) is 0 Å². The number of carbonyl (C=O) groups is 1. The minimum atomic E-state index is -3.38. The predicted molar refractivity (Wildman–Crippen MR) is 87.9 cm³/mol. The van der Waals surface area contributed by atoms with Gasteiger partial charge in [-0.2, -0.15) is 0 Å². The molecule has 0 bridgehead atoms. The van der Waals surface area contributed by atoms with E-state index in [1.165, 1.54) is 0 Å². The number of halogens is 3. The van der Waals surface area contributed by atoms with Crippen LogP contribution in [0.2, 0.25) is 0 Å². The molecule has 0 unspecified atom stereocenters. The molecule has 140 valence electrons. The summed E-state index contributed by atoms with van der Waals surface area (Å²) in [5.41, 5.74) is -0.672. The molecule has 1 aromatic carbocycles. The normalized spacial score (nSPS) is 21.4. The van der Waals surface area contributed by atoms with Crippen LogP contribution >= 0.6 is 0 Å². The molecule has 5 nitrogen and oxygen atoms in total. The molecule has 9 heteroatoms. The quantitative estimate of drug-likeness (QED) is 0.827. The number of hydrogen-bond donors (Lipinski definition) is 2. The molecule has 1 aliphatic rings. The molecular formula is C16H21F3N2O3S. The number of rotatable bonds is 5. The Kier molecular flexibility index (Phi) is 6.10. The standard InChI is InChI=1S/C16H21F3N2O3S/c1-9(2)25(23,24)21-12-5-3-10(4-6-12)16(22)20-15-13(18)7-11(17)8-14(15)19/h7-10,12,21H,3-6H2,1-2H3,(H,20,22)/t10-,12-. The van der Waals surface area contributed by atoms with Gasteiger partial charge in [0, 0.05) is 24.1 Å². The van der Waals surface area contributed by atoms with Crippen molar-refractivity contribution in [2.24, 2.45) is 5.92 Å². The van der Waals surface area contributed by atoms with E-state index in [1.54, 1.807) is 13.8 Å². The van der Waals surface area contributed by atoms with Crippen LogP contribution in [0, 0.1) is 23.4 Å². The molecule has 25 heavy (non-hydrogen) atoms. The highest BCUT2D eigenvalue weighted by Crippen LogP contribution is 2.28. The summed E-state index contributed by atoms with van der Waals surface area (Å²) >= 11 is 0. The number of nitrogens with one attached hydrogen (secondary N) is 2. The van der Waals surface area contributed by atoms with Gasteiger partial charge in [-0.25, -0.2) is 26.3 Å². The number of hydrogen-bond acceptors (Lipinski definition) is 3. The van der Waals surface area contributed by atoms with Crippen molar-refractivity contribution in [3.63, 3.8) is 0 Å². The fraction of sp³-hybridized carbons (Fsp3) is 0.562. The molecule has 1 aliphatic carbocycles. The van der Waals surface area contributed by atoms with Gasteiger partial charge in [0.25, 0.3) is 0 Å². The first-order valence-corrected chi connectivity index (χ1v) is 9.61. The molecule has 0 spiro atoms. The smallest absolute Gasteiger partial charge is 0.227 e. The minimum absolute atomic E-state index is 0.254. The Labute approximate surface area is 145 Å². The number of amides is 1. The lowest BCUT2D eigenvalue weighted by atomic mass is 9.86. The van der Waals surface area contributed by atoms with Crippen molar-refractivity contribution in [1.29, 1.82) is 0 Å². The average molecular weight is 378 g/mol. The summed E-state index contributed by atoms with van der Waals surface area (Å²) in [6.07, 6.45) is 1.69. The fourth-order valence-corrected chi connectivity index (χ4v) is 3.70. The van der Waals surface area contributed by atoms with Crippen LogP contribution in [0.3, 0.4) is 0 Å². The Hall–Kier alpha value is -1.61. The molecule has 0 heterocycles. The summed E-state index contributed by atoms with van der Waals surface area (Å²) in [7, 11) is -3.38. The van der Waals surface area contributed by atoms with E-state index >= 15 is 0 Å². The van der Waals surface area contributed by atoms with E-state index in [9.17, 15) is 26.4 Å². The Balaban J connectivity index is 1.94. The van der Waals surface area contributed by atoms with Crippen molar-refractivity contribution >= 4 is 21.6 Å². The molecule has 1 fully saturated rings. The molecule has 0 aliphatic heterocycles. The van der Waals surface area contributed by atoms with E-state index in [4.69, 9.17) is 0 Å². The average Bonchev–Trinajstić information content (AvgIpc) is 2.50. The largest absolute Gasteiger partial charge is 0.321 e. The second-order valence-electron chi connectivity index (χ2n) is 6.49. The number of carbonyl (C=O) groups excluding carboxylic acids is 1. The van der Waals surface area contributed by atoms with Crippen molar-refractivity contribution in [3.05, 3.63) is 29.6 Å². The van der Waals surface area contributed by atoms with Crippen LogP contribution in [-0.2, 0) is 14.8 Å². The minimum Gasteiger partial charge on any atom is -0.321 e. The van der Waals surface area contributed by atoms with Gasteiger partial charge in [0.2, 0.25) is 15.9 Å². The van der Waals surface area contributed by atoms with Crippen molar-refractivity contribution in [3.8, 4) is 0 Å². The zero-order valence-corrected chi connectivity index (χ0v) is 14.8. The molecular weight excluding hydrogens is 357 g/mol. The zero-order chi connectivity index (χ0) is 18.8. The first-order valence-electron chi connectivity index (χ1n) is 8.06. The maximum absolute atomic E-state index is 13.6. The van der Waals surface area contributed by atoms with Crippen LogP contribution in [0.4, 0.5) is 18.9 Å². The van der Waals surface area contributed by atoms with Crippen LogP contribution in [0.1, 0.15) is 39.5 Å². The molecule has 0 saturated heterocycles. The maximum Gasteiger partial charge on any atom is 0.227 e. The van der Waals surface area contributed by atoms with Gasteiger partial charge in [0.05, 0.1) is 5.25 Å². The van der Waals surface area contributed by atoms with E-state index in [0.717, 1.165) is 0 Å². The number of sulfonamides is 1. The lowest BCUT2D eigenvalue weighted by Crippen LogP contribution is -2.42. The lowest BCUT2D eigenvalue weighted by molar-refractivity contribution is -0.120. The molecule has 2 rings (SSSR count). The third-order valence-electron chi connectivity index (χ3n) is 4.30.